The number of hydrogen-bond donors (Lipinski definition) is 2. The van der Waals surface area contributed by atoms with E-state index in [-0.39, 0.29) is 17.7 Å². The third kappa shape index (κ3) is 4.88. The van der Waals surface area contributed by atoms with Gasteiger partial charge in [-0.1, -0.05) is 24.3 Å². The fraction of sp³-hybridized carbons (Fsp3) is 0.400. The zero-order chi connectivity index (χ0) is 27.1. The SMILES string of the molecule is Nc1nc(Nc2ccc(N3CC[C@@H](CN4CCCC4)C3)c(F)c2)nn1-c1cc2c(nn1)-c1ccccc1CCC2. The van der Waals surface area contributed by atoms with Gasteiger partial charge in [-0.3, -0.25) is 0 Å². The second-order valence-corrected chi connectivity index (χ2v) is 11.2. The quantitative estimate of drug-likeness (QED) is 0.367. The number of likely N-dealkylation sites (tertiary alicyclic amines) is 1. The van der Waals surface area contributed by atoms with Crippen LogP contribution in [0.5, 0.6) is 0 Å². The summed E-state index contributed by atoms with van der Waals surface area (Å²) in [5.74, 6) is 1.31. The Labute approximate surface area is 233 Å². The van der Waals surface area contributed by atoms with Gasteiger partial charge >= 0.3 is 0 Å². The molecule has 10 heteroatoms. The molecule has 1 aliphatic carbocycles. The van der Waals surface area contributed by atoms with Gasteiger partial charge in [0.05, 0.1) is 11.4 Å². The van der Waals surface area contributed by atoms with Crippen molar-refractivity contribution in [2.75, 3.05) is 48.7 Å². The van der Waals surface area contributed by atoms with Crippen molar-refractivity contribution in [1.82, 2.24) is 29.9 Å². The van der Waals surface area contributed by atoms with Crippen LogP contribution in [0.15, 0.2) is 48.5 Å². The van der Waals surface area contributed by atoms with Crippen LogP contribution in [0, 0.1) is 11.7 Å². The van der Waals surface area contributed by atoms with Crippen molar-refractivity contribution >= 4 is 23.3 Å². The molecule has 0 unspecified atom stereocenters. The van der Waals surface area contributed by atoms with Gasteiger partial charge in [0.2, 0.25) is 11.9 Å². The van der Waals surface area contributed by atoms with Crippen LogP contribution in [-0.4, -0.2) is 62.6 Å². The lowest BCUT2D eigenvalue weighted by atomic mass is 10.0. The smallest absolute Gasteiger partial charge is 0.248 e. The zero-order valence-electron chi connectivity index (χ0n) is 22.6. The van der Waals surface area contributed by atoms with Crippen LogP contribution in [0.4, 0.5) is 27.7 Å². The number of nitrogen functional groups attached to an aromatic ring is 1. The van der Waals surface area contributed by atoms with Crippen molar-refractivity contribution in [3.63, 3.8) is 0 Å². The highest BCUT2D eigenvalue weighted by molar-refractivity contribution is 5.68. The maximum atomic E-state index is 15.2. The highest BCUT2D eigenvalue weighted by Gasteiger charge is 2.27. The summed E-state index contributed by atoms with van der Waals surface area (Å²) in [5, 5.41) is 16.6. The fourth-order valence-corrected chi connectivity index (χ4v) is 6.42. The van der Waals surface area contributed by atoms with Crippen LogP contribution in [0.1, 0.15) is 36.8 Å². The molecule has 0 saturated carbocycles. The molecule has 3 aliphatic rings. The van der Waals surface area contributed by atoms with Crippen molar-refractivity contribution in [3.05, 3.63) is 65.5 Å². The Hall–Kier alpha value is -4.05. The van der Waals surface area contributed by atoms with Crippen LogP contribution < -0.4 is 16.0 Å². The molecule has 2 aliphatic heterocycles. The van der Waals surface area contributed by atoms with Gasteiger partial charge in [-0.15, -0.1) is 15.3 Å². The molecular formula is C30H34FN9. The number of hydrogen-bond acceptors (Lipinski definition) is 8. The summed E-state index contributed by atoms with van der Waals surface area (Å²) in [5.41, 5.74) is 11.9. The minimum atomic E-state index is -0.254. The number of halogens is 1. The minimum absolute atomic E-state index is 0.184. The Bertz CT molecular complexity index is 1530. The summed E-state index contributed by atoms with van der Waals surface area (Å²) >= 11 is 0. The lowest BCUT2D eigenvalue weighted by Crippen LogP contribution is -2.29. The molecule has 0 radical (unpaired) electrons. The van der Waals surface area contributed by atoms with Gasteiger partial charge in [0.1, 0.15) is 5.82 Å². The molecule has 0 amide bonds. The third-order valence-corrected chi connectivity index (χ3v) is 8.42. The van der Waals surface area contributed by atoms with Gasteiger partial charge in [0.25, 0.3) is 0 Å². The number of nitrogens with two attached hydrogens (primary N) is 1. The first-order chi connectivity index (χ1) is 19.6. The minimum Gasteiger partial charge on any atom is -0.369 e. The lowest BCUT2D eigenvalue weighted by molar-refractivity contribution is 0.289. The van der Waals surface area contributed by atoms with Crippen LogP contribution in [0.25, 0.3) is 17.1 Å². The molecule has 2 aromatic carbocycles. The normalized spacial score (nSPS) is 18.9. The zero-order valence-corrected chi connectivity index (χ0v) is 22.6. The predicted molar refractivity (Wildman–Crippen MR) is 154 cm³/mol. The average molecular weight is 540 g/mol. The van der Waals surface area contributed by atoms with Gasteiger partial charge in [-0.25, -0.2) is 4.39 Å². The molecule has 206 valence electrons. The van der Waals surface area contributed by atoms with E-state index < -0.39 is 0 Å². The first kappa shape index (κ1) is 25.0. The van der Waals surface area contributed by atoms with Crippen molar-refractivity contribution in [2.24, 2.45) is 5.92 Å². The molecule has 2 fully saturated rings. The molecule has 2 saturated heterocycles. The Kier molecular flexibility index (Phi) is 6.55. The summed E-state index contributed by atoms with van der Waals surface area (Å²) in [6.07, 6.45) is 6.64. The number of anilines is 4. The number of aryl methyl sites for hydroxylation is 2. The standard InChI is InChI=1S/C30H34FN9/c31-25-17-23(10-11-26(25)39-15-12-20(19-39)18-38-13-3-4-14-38)33-30-34-29(32)40(37-30)27-16-22-8-5-7-21-6-1-2-9-24(21)28(22)36-35-27/h1-2,6,9-11,16-17,20H,3-5,7-8,12-15,18-19H2,(H3,32,33,34,37)/t20-/m0/s1. The Morgan fingerprint density at radius 3 is 2.67 bits per heavy atom. The van der Waals surface area contributed by atoms with Crippen molar-refractivity contribution < 1.29 is 4.39 Å². The summed E-state index contributed by atoms with van der Waals surface area (Å²) in [7, 11) is 0. The summed E-state index contributed by atoms with van der Waals surface area (Å²) in [6.45, 7) is 5.31. The van der Waals surface area contributed by atoms with Gasteiger partial charge in [-0.05, 0) is 92.9 Å². The van der Waals surface area contributed by atoms with Gasteiger partial charge < -0.3 is 20.9 Å². The van der Waals surface area contributed by atoms with E-state index >= 15 is 4.39 Å². The number of fused-ring (bicyclic) bond motifs is 3. The second-order valence-electron chi connectivity index (χ2n) is 11.2. The van der Waals surface area contributed by atoms with E-state index in [1.54, 1.807) is 0 Å². The number of rotatable bonds is 6. The maximum absolute atomic E-state index is 15.2. The molecule has 9 nitrogen and oxygen atoms in total. The average Bonchev–Trinajstić information content (AvgIpc) is 3.69. The first-order valence-electron chi connectivity index (χ1n) is 14.3. The molecule has 40 heavy (non-hydrogen) atoms. The summed E-state index contributed by atoms with van der Waals surface area (Å²) < 4.78 is 16.7. The maximum Gasteiger partial charge on any atom is 0.248 e. The monoisotopic (exact) mass is 539 g/mol. The first-order valence-corrected chi connectivity index (χ1v) is 14.3. The molecule has 1 atom stereocenters. The van der Waals surface area contributed by atoms with Crippen LogP contribution in [0.2, 0.25) is 0 Å². The summed E-state index contributed by atoms with van der Waals surface area (Å²) in [4.78, 5) is 9.06. The molecule has 2 aromatic heterocycles. The van der Waals surface area contributed by atoms with Crippen molar-refractivity contribution in [3.8, 4) is 17.1 Å². The van der Waals surface area contributed by atoms with Crippen LogP contribution in [-0.2, 0) is 12.8 Å². The fourth-order valence-electron chi connectivity index (χ4n) is 6.42. The van der Waals surface area contributed by atoms with Gasteiger partial charge in [-0.2, -0.15) is 9.67 Å². The molecule has 4 heterocycles. The van der Waals surface area contributed by atoms with E-state index in [4.69, 9.17) is 5.73 Å². The largest absolute Gasteiger partial charge is 0.369 e. The Morgan fingerprint density at radius 2 is 1.80 bits per heavy atom. The van der Waals surface area contributed by atoms with Crippen molar-refractivity contribution in [2.45, 2.75) is 38.5 Å². The van der Waals surface area contributed by atoms with Crippen LogP contribution >= 0.6 is 0 Å². The Morgan fingerprint density at radius 1 is 0.950 bits per heavy atom. The van der Waals surface area contributed by atoms with Crippen molar-refractivity contribution in [1.29, 1.82) is 0 Å². The number of nitrogens with zero attached hydrogens (tertiary/aromatic N) is 7. The number of nitrogens with one attached hydrogen (secondary N) is 1. The molecule has 0 spiro atoms. The van der Waals surface area contributed by atoms with Gasteiger partial charge in [0, 0.05) is 30.9 Å². The molecule has 3 N–H and O–H groups in total. The van der Waals surface area contributed by atoms with E-state index in [0.717, 1.165) is 62.1 Å². The summed E-state index contributed by atoms with van der Waals surface area (Å²) in [6, 6.07) is 15.5. The topological polar surface area (TPSA) is 101 Å². The molecule has 4 aromatic rings. The third-order valence-electron chi connectivity index (χ3n) is 8.42. The van der Waals surface area contributed by atoms with E-state index in [1.165, 1.54) is 42.2 Å². The number of benzene rings is 2. The van der Waals surface area contributed by atoms with Gasteiger partial charge in [0.15, 0.2) is 5.82 Å². The van der Waals surface area contributed by atoms with E-state index in [0.29, 0.717) is 23.1 Å². The Balaban J connectivity index is 1.06. The van der Waals surface area contributed by atoms with Crippen LogP contribution in [0.3, 0.4) is 0 Å². The van der Waals surface area contributed by atoms with E-state index in [1.807, 2.05) is 24.3 Å². The number of aromatic nitrogens is 5. The van der Waals surface area contributed by atoms with E-state index in [2.05, 4.69) is 53.6 Å². The lowest BCUT2D eigenvalue weighted by Gasteiger charge is -2.22. The highest BCUT2D eigenvalue weighted by atomic mass is 19.1. The van der Waals surface area contributed by atoms with E-state index in [9.17, 15) is 0 Å². The second kappa shape index (κ2) is 10.5. The predicted octanol–water partition coefficient (Wildman–Crippen LogP) is 4.60. The molecular weight excluding hydrogens is 505 g/mol. The highest BCUT2D eigenvalue weighted by Crippen LogP contribution is 2.32. The molecule has 7 rings (SSSR count). The molecule has 0 bridgehead atoms.